The monoisotopic (exact) mass is 355 g/mol. The van der Waals surface area contributed by atoms with Crippen LogP contribution >= 0.6 is 11.6 Å². The predicted octanol–water partition coefficient (Wildman–Crippen LogP) is 5.23. The maximum absolute atomic E-state index is 12.9. The summed E-state index contributed by atoms with van der Waals surface area (Å²) in [6, 6.07) is 13.5. The Labute approximate surface area is 153 Å². The average Bonchev–Trinajstić information content (AvgIpc) is 2.55. The van der Waals surface area contributed by atoms with Crippen molar-refractivity contribution >= 4 is 23.1 Å². The number of hydrogen-bond donors (Lipinski definition) is 1. The van der Waals surface area contributed by atoms with E-state index in [1.165, 1.54) is 0 Å². The van der Waals surface area contributed by atoms with E-state index in [-0.39, 0.29) is 11.7 Å². The van der Waals surface area contributed by atoms with Crippen molar-refractivity contribution in [2.45, 2.75) is 32.7 Å². The first-order valence-electron chi connectivity index (χ1n) is 8.28. The normalized spacial score (nSPS) is 17.2. The summed E-state index contributed by atoms with van der Waals surface area (Å²) in [5.41, 5.74) is 3.74. The molecular weight excluding hydrogens is 334 g/mol. The van der Waals surface area contributed by atoms with Gasteiger partial charge in [-0.05, 0) is 61.2 Å². The van der Waals surface area contributed by atoms with Gasteiger partial charge in [0, 0.05) is 24.0 Å². The summed E-state index contributed by atoms with van der Waals surface area (Å²) in [6.07, 6.45) is 0.440. The van der Waals surface area contributed by atoms with Crippen LogP contribution in [0.2, 0.25) is 5.02 Å². The van der Waals surface area contributed by atoms with E-state index >= 15 is 0 Å². The van der Waals surface area contributed by atoms with Crippen molar-refractivity contribution in [1.82, 2.24) is 4.90 Å². The number of nitrogens with zero attached hydrogens (tertiary/aromatic N) is 1. The number of aryl methyl sites for hydroxylation is 1. The zero-order valence-corrected chi connectivity index (χ0v) is 15.7. The highest BCUT2D eigenvalue weighted by atomic mass is 35.5. The van der Waals surface area contributed by atoms with Crippen LogP contribution in [0.4, 0.5) is 0 Å². The Kier molecular flexibility index (Phi) is 4.38. The van der Waals surface area contributed by atoms with Crippen molar-refractivity contribution in [2.75, 3.05) is 7.05 Å². The summed E-state index contributed by atoms with van der Waals surface area (Å²) in [4.78, 5) is 14.6. The fourth-order valence-corrected chi connectivity index (χ4v) is 3.29. The van der Waals surface area contributed by atoms with Gasteiger partial charge >= 0.3 is 0 Å². The smallest absolute Gasteiger partial charge is 0.258 e. The summed E-state index contributed by atoms with van der Waals surface area (Å²) in [5, 5.41) is 11.3. The third kappa shape index (κ3) is 3.16. The van der Waals surface area contributed by atoms with E-state index in [2.05, 4.69) is 0 Å². The molecule has 0 bridgehead atoms. The predicted molar refractivity (Wildman–Crippen MR) is 103 cm³/mol. The number of carbonyl (C=O) groups excluding carboxylic acids is 1. The van der Waals surface area contributed by atoms with Crippen molar-refractivity contribution in [3.05, 3.63) is 64.4 Å². The third-order valence-corrected chi connectivity index (χ3v) is 5.25. The number of amides is 1. The van der Waals surface area contributed by atoms with E-state index in [0.29, 0.717) is 17.0 Å². The topological polar surface area (TPSA) is 40.5 Å². The van der Waals surface area contributed by atoms with Gasteiger partial charge in [0.25, 0.3) is 5.91 Å². The number of benzene rings is 2. The fourth-order valence-electron chi connectivity index (χ4n) is 3.17. The first kappa shape index (κ1) is 17.6. The van der Waals surface area contributed by atoms with Crippen LogP contribution in [0.15, 0.2) is 48.2 Å². The summed E-state index contributed by atoms with van der Waals surface area (Å²) in [6.45, 7) is 5.86. The molecule has 0 unspecified atom stereocenters. The van der Waals surface area contributed by atoms with E-state index in [0.717, 1.165) is 22.3 Å². The van der Waals surface area contributed by atoms with Gasteiger partial charge in [-0.1, -0.05) is 35.9 Å². The lowest BCUT2D eigenvalue weighted by Gasteiger charge is -2.40. The molecule has 1 heterocycles. The zero-order chi connectivity index (χ0) is 18.4. The van der Waals surface area contributed by atoms with Gasteiger partial charge in [0.2, 0.25) is 0 Å². The van der Waals surface area contributed by atoms with Crippen molar-refractivity contribution in [1.29, 1.82) is 0 Å². The molecule has 2 aromatic carbocycles. The highest BCUT2D eigenvalue weighted by Crippen LogP contribution is 2.37. The third-order valence-electron chi connectivity index (χ3n) is 5.00. The molecule has 1 N–H and O–H groups in total. The van der Waals surface area contributed by atoms with Crippen molar-refractivity contribution in [3.63, 3.8) is 0 Å². The molecule has 1 aliphatic heterocycles. The average molecular weight is 356 g/mol. The summed E-state index contributed by atoms with van der Waals surface area (Å²) < 4.78 is 0. The second-order valence-corrected chi connectivity index (χ2v) is 7.65. The lowest BCUT2D eigenvalue weighted by atomic mass is 9.85. The number of hydrogen-bond acceptors (Lipinski definition) is 2. The second-order valence-electron chi connectivity index (χ2n) is 7.21. The first-order chi connectivity index (χ1) is 11.7. The maximum atomic E-state index is 12.9. The molecule has 0 saturated heterocycles. The second kappa shape index (κ2) is 6.23. The van der Waals surface area contributed by atoms with Gasteiger partial charge in [0.1, 0.15) is 5.76 Å². The molecule has 0 atom stereocenters. The maximum Gasteiger partial charge on any atom is 0.258 e. The fraction of sp³-hybridized carbons (Fsp3) is 0.286. The standard InChI is InChI=1S/C21H22ClNO2/c1-13-5-6-15(14-7-9-16(22)10-8-14)11-17(13)19-18(24)12-21(2,3)23(4)20(19)25/h5-11,24H,12H2,1-4H3. The molecule has 130 valence electrons. The number of likely N-dealkylation sites (N-methyl/N-ethyl adjacent to an activating group) is 1. The van der Waals surface area contributed by atoms with Crippen LogP contribution < -0.4 is 0 Å². The number of rotatable bonds is 2. The molecule has 25 heavy (non-hydrogen) atoms. The van der Waals surface area contributed by atoms with E-state index in [1.54, 1.807) is 11.9 Å². The highest BCUT2D eigenvalue weighted by Gasteiger charge is 2.38. The Morgan fingerprint density at radius 1 is 1.08 bits per heavy atom. The number of aliphatic hydroxyl groups is 1. The van der Waals surface area contributed by atoms with Gasteiger partial charge in [-0.3, -0.25) is 4.79 Å². The van der Waals surface area contributed by atoms with Crippen LogP contribution in [-0.2, 0) is 4.79 Å². The van der Waals surface area contributed by atoms with Crippen molar-refractivity contribution < 1.29 is 9.90 Å². The molecule has 0 saturated carbocycles. The summed E-state index contributed by atoms with van der Waals surface area (Å²) in [7, 11) is 1.78. The van der Waals surface area contributed by atoms with Gasteiger partial charge < -0.3 is 10.0 Å². The molecule has 2 aromatic rings. The largest absolute Gasteiger partial charge is 0.511 e. The van der Waals surface area contributed by atoms with Crippen LogP contribution in [0.3, 0.4) is 0 Å². The molecule has 0 radical (unpaired) electrons. The number of halogens is 1. The van der Waals surface area contributed by atoms with E-state index in [9.17, 15) is 9.90 Å². The van der Waals surface area contributed by atoms with E-state index < -0.39 is 5.54 Å². The van der Waals surface area contributed by atoms with Crippen LogP contribution in [-0.4, -0.2) is 28.5 Å². The molecule has 0 fully saturated rings. The van der Waals surface area contributed by atoms with Crippen LogP contribution in [0.1, 0.15) is 31.4 Å². The molecule has 1 aliphatic rings. The van der Waals surface area contributed by atoms with Crippen LogP contribution in [0.5, 0.6) is 0 Å². The Balaban J connectivity index is 2.12. The van der Waals surface area contributed by atoms with Crippen LogP contribution in [0, 0.1) is 6.92 Å². The molecule has 0 aliphatic carbocycles. The molecule has 0 spiro atoms. The quantitative estimate of drug-likeness (QED) is 0.801. The first-order valence-corrected chi connectivity index (χ1v) is 8.66. The summed E-state index contributed by atoms with van der Waals surface area (Å²) >= 11 is 5.97. The summed E-state index contributed by atoms with van der Waals surface area (Å²) in [5.74, 6) is 0.00885. The Morgan fingerprint density at radius 3 is 2.32 bits per heavy atom. The molecule has 3 rings (SSSR count). The lowest BCUT2D eigenvalue weighted by Crippen LogP contribution is -2.48. The van der Waals surface area contributed by atoms with Crippen molar-refractivity contribution in [2.24, 2.45) is 0 Å². The highest BCUT2D eigenvalue weighted by molar-refractivity contribution is 6.30. The molecule has 4 heteroatoms. The Morgan fingerprint density at radius 2 is 1.68 bits per heavy atom. The van der Waals surface area contributed by atoms with E-state index in [4.69, 9.17) is 11.6 Å². The molecule has 3 nitrogen and oxygen atoms in total. The van der Waals surface area contributed by atoms with Gasteiger partial charge in [-0.15, -0.1) is 0 Å². The number of carbonyl (C=O) groups is 1. The van der Waals surface area contributed by atoms with Gasteiger partial charge in [0.05, 0.1) is 5.57 Å². The minimum Gasteiger partial charge on any atom is -0.511 e. The van der Waals surface area contributed by atoms with Crippen molar-refractivity contribution in [3.8, 4) is 11.1 Å². The van der Waals surface area contributed by atoms with Gasteiger partial charge in [-0.2, -0.15) is 0 Å². The Hall–Kier alpha value is -2.26. The van der Waals surface area contributed by atoms with Gasteiger partial charge in [0.15, 0.2) is 0 Å². The molecule has 0 aromatic heterocycles. The zero-order valence-electron chi connectivity index (χ0n) is 14.9. The number of aliphatic hydroxyl groups excluding tert-OH is 1. The van der Waals surface area contributed by atoms with Gasteiger partial charge in [-0.25, -0.2) is 0 Å². The minimum absolute atomic E-state index is 0.148. The molecular formula is C21H22ClNO2. The van der Waals surface area contributed by atoms with E-state index in [1.807, 2.05) is 63.2 Å². The van der Waals surface area contributed by atoms with Crippen LogP contribution in [0.25, 0.3) is 16.7 Å². The minimum atomic E-state index is -0.396. The molecule has 1 amide bonds. The lowest BCUT2D eigenvalue weighted by molar-refractivity contribution is -0.129. The SMILES string of the molecule is Cc1ccc(-c2ccc(Cl)cc2)cc1C1=C(O)CC(C)(C)N(C)C1=O. The Bertz CT molecular complexity index is 866.